The van der Waals surface area contributed by atoms with Gasteiger partial charge in [-0.3, -0.25) is 18.6 Å². The fourth-order valence-corrected chi connectivity index (χ4v) is 4.47. The van der Waals surface area contributed by atoms with Gasteiger partial charge in [0.05, 0.1) is 23.2 Å². The maximum absolute atomic E-state index is 13.2. The van der Waals surface area contributed by atoms with Gasteiger partial charge in [0.1, 0.15) is 0 Å². The number of thioether (sulfide) groups is 1. The van der Waals surface area contributed by atoms with Crippen molar-refractivity contribution in [1.82, 2.24) is 24.5 Å². The van der Waals surface area contributed by atoms with Crippen molar-refractivity contribution in [1.29, 1.82) is 0 Å². The second-order valence-electron chi connectivity index (χ2n) is 7.71. The van der Waals surface area contributed by atoms with E-state index in [0.717, 1.165) is 23.9 Å². The van der Waals surface area contributed by atoms with Gasteiger partial charge in [-0.2, -0.15) is 0 Å². The molecule has 0 unspecified atom stereocenters. The molecule has 0 atom stereocenters. The van der Waals surface area contributed by atoms with Crippen molar-refractivity contribution in [3.05, 3.63) is 70.5 Å². The molecule has 1 amide bonds. The number of amides is 1. The predicted molar refractivity (Wildman–Crippen MR) is 128 cm³/mol. The number of para-hydroxylation sites is 1. The molecule has 2 aromatic carbocycles. The lowest BCUT2D eigenvalue weighted by Gasteiger charge is -2.11. The summed E-state index contributed by atoms with van der Waals surface area (Å²) < 4.78 is 3.52. The highest BCUT2D eigenvalue weighted by Gasteiger charge is 2.17. The number of nitrogens with one attached hydrogen (secondary N) is 1. The third-order valence-corrected chi connectivity index (χ3v) is 6.28. The molecular formula is C24H27N5O2S. The van der Waals surface area contributed by atoms with Crippen molar-refractivity contribution in [2.24, 2.45) is 0 Å². The first-order valence-corrected chi connectivity index (χ1v) is 12.0. The van der Waals surface area contributed by atoms with Crippen LogP contribution < -0.4 is 10.9 Å². The van der Waals surface area contributed by atoms with Crippen LogP contribution in [0.4, 0.5) is 0 Å². The molecule has 7 nitrogen and oxygen atoms in total. The number of nitrogens with zero attached hydrogens (tertiary/aromatic N) is 4. The average molecular weight is 450 g/mol. The van der Waals surface area contributed by atoms with Gasteiger partial charge in [0.25, 0.3) is 5.56 Å². The molecule has 0 saturated carbocycles. The van der Waals surface area contributed by atoms with E-state index in [2.05, 4.69) is 22.4 Å². The zero-order valence-electron chi connectivity index (χ0n) is 18.2. The lowest BCUT2D eigenvalue weighted by molar-refractivity contribution is -0.118. The molecule has 0 bridgehead atoms. The van der Waals surface area contributed by atoms with Gasteiger partial charge < -0.3 is 5.32 Å². The van der Waals surface area contributed by atoms with E-state index in [9.17, 15) is 9.59 Å². The second kappa shape index (κ2) is 10.5. The van der Waals surface area contributed by atoms with Gasteiger partial charge in [0.2, 0.25) is 11.7 Å². The van der Waals surface area contributed by atoms with Gasteiger partial charge in [0, 0.05) is 6.54 Å². The first-order valence-electron chi connectivity index (χ1n) is 11.0. The summed E-state index contributed by atoms with van der Waals surface area (Å²) in [6, 6.07) is 17.3. The Balaban J connectivity index is 1.61. The van der Waals surface area contributed by atoms with Crippen molar-refractivity contribution < 1.29 is 4.79 Å². The van der Waals surface area contributed by atoms with Gasteiger partial charge in [0.15, 0.2) is 5.16 Å². The quantitative estimate of drug-likeness (QED) is 0.294. The van der Waals surface area contributed by atoms with E-state index in [1.54, 1.807) is 4.57 Å². The van der Waals surface area contributed by atoms with Crippen molar-refractivity contribution in [3.63, 3.8) is 0 Å². The summed E-state index contributed by atoms with van der Waals surface area (Å²) >= 11 is 1.33. The molecule has 0 saturated heterocycles. The topological polar surface area (TPSA) is 81.3 Å². The van der Waals surface area contributed by atoms with Gasteiger partial charge >= 0.3 is 0 Å². The molecule has 0 fully saturated rings. The Morgan fingerprint density at radius 1 is 1.00 bits per heavy atom. The van der Waals surface area contributed by atoms with E-state index in [0.29, 0.717) is 29.4 Å². The third-order valence-electron chi connectivity index (χ3n) is 5.35. The maximum Gasteiger partial charge on any atom is 0.263 e. The van der Waals surface area contributed by atoms with E-state index in [1.807, 2.05) is 59.0 Å². The van der Waals surface area contributed by atoms with Gasteiger partial charge in [-0.15, -0.1) is 10.2 Å². The SMILES string of the molecule is CCCCCCNC(=O)CSc1nnc2n(Cc3ccccc3)c(=O)c3ccccc3n12. The maximum atomic E-state index is 13.2. The molecule has 0 radical (unpaired) electrons. The van der Waals surface area contributed by atoms with Crippen LogP contribution in [0.3, 0.4) is 0 Å². The normalized spacial score (nSPS) is 11.3. The number of fused-ring (bicyclic) bond motifs is 3. The number of benzene rings is 2. The largest absolute Gasteiger partial charge is 0.355 e. The van der Waals surface area contributed by atoms with Gasteiger partial charge in [-0.1, -0.05) is 80.4 Å². The van der Waals surface area contributed by atoms with Crippen molar-refractivity contribution in [2.75, 3.05) is 12.3 Å². The van der Waals surface area contributed by atoms with E-state index in [1.165, 1.54) is 24.6 Å². The molecule has 0 aliphatic heterocycles. The molecule has 32 heavy (non-hydrogen) atoms. The fourth-order valence-electron chi connectivity index (χ4n) is 3.70. The Hall–Kier alpha value is -3.13. The number of unbranched alkanes of at least 4 members (excludes halogenated alkanes) is 3. The van der Waals surface area contributed by atoms with E-state index >= 15 is 0 Å². The molecule has 4 aromatic rings. The van der Waals surface area contributed by atoms with Crippen LogP contribution in [-0.4, -0.2) is 37.4 Å². The predicted octanol–water partition coefficient (Wildman–Crippen LogP) is 3.88. The Morgan fingerprint density at radius 3 is 2.59 bits per heavy atom. The Labute approximate surface area is 190 Å². The number of rotatable bonds is 10. The van der Waals surface area contributed by atoms with E-state index < -0.39 is 0 Å². The van der Waals surface area contributed by atoms with Crippen LogP contribution in [0.25, 0.3) is 16.7 Å². The van der Waals surface area contributed by atoms with Crippen LogP contribution in [0.15, 0.2) is 64.5 Å². The molecule has 8 heteroatoms. The molecule has 1 N–H and O–H groups in total. The molecule has 0 spiro atoms. The first-order chi connectivity index (χ1) is 15.7. The lowest BCUT2D eigenvalue weighted by atomic mass is 10.2. The summed E-state index contributed by atoms with van der Waals surface area (Å²) in [4.78, 5) is 25.5. The average Bonchev–Trinajstić information content (AvgIpc) is 3.25. The van der Waals surface area contributed by atoms with E-state index in [-0.39, 0.29) is 17.2 Å². The second-order valence-corrected chi connectivity index (χ2v) is 8.65. The Bertz CT molecular complexity index is 1270. The number of carbonyl (C=O) groups excluding carboxylic acids is 1. The summed E-state index contributed by atoms with van der Waals surface area (Å²) in [5, 5.41) is 12.8. The Kier molecular flexibility index (Phi) is 7.21. The van der Waals surface area contributed by atoms with Crippen molar-refractivity contribution in [3.8, 4) is 0 Å². The van der Waals surface area contributed by atoms with Crippen LogP contribution in [0.1, 0.15) is 38.2 Å². The summed E-state index contributed by atoms with van der Waals surface area (Å²) in [6.07, 6.45) is 4.49. The minimum absolute atomic E-state index is 0.0230. The number of hydrogen-bond donors (Lipinski definition) is 1. The summed E-state index contributed by atoms with van der Waals surface area (Å²) in [5.74, 6) is 0.700. The monoisotopic (exact) mass is 449 g/mol. The van der Waals surface area contributed by atoms with Crippen molar-refractivity contribution in [2.45, 2.75) is 44.3 Å². The Morgan fingerprint density at radius 2 is 1.78 bits per heavy atom. The highest BCUT2D eigenvalue weighted by Crippen LogP contribution is 2.22. The summed E-state index contributed by atoms with van der Waals surface area (Å²) in [7, 11) is 0. The number of carbonyl (C=O) groups is 1. The molecular weight excluding hydrogens is 422 g/mol. The molecule has 4 rings (SSSR count). The molecule has 0 aliphatic rings. The van der Waals surface area contributed by atoms with Crippen LogP contribution in [0.5, 0.6) is 0 Å². The lowest BCUT2D eigenvalue weighted by Crippen LogP contribution is -2.26. The molecule has 166 valence electrons. The van der Waals surface area contributed by atoms with Crippen LogP contribution in [0.2, 0.25) is 0 Å². The minimum Gasteiger partial charge on any atom is -0.355 e. The number of aromatic nitrogens is 4. The molecule has 2 heterocycles. The van der Waals surface area contributed by atoms with Gasteiger partial charge in [-0.05, 0) is 24.1 Å². The first kappa shape index (κ1) is 22.1. The van der Waals surface area contributed by atoms with E-state index in [4.69, 9.17) is 0 Å². The fraction of sp³-hybridized carbons (Fsp3) is 0.333. The number of hydrogen-bond acceptors (Lipinski definition) is 5. The highest BCUT2D eigenvalue weighted by atomic mass is 32.2. The molecule has 0 aliphatic carbocycles. The van der Waals surface area contributed by atoms with Gasteiger partial charge in [-0.25, -0.2) is 0 Å². The van der Waals surface area contributed by atoms with Crippen LogP contribution in [-0.2, 0) is 11.3 Å². The smallest absolute Gasteiger partial charge is 0.263 e. The van der Waals surface area contributed by atoms with Crippen LogP contribution >= 0.6 is 11.8 Å². The zero-order chi connectivity index (χ0) is 22.3. The standard InChI is InChI=1S/C24H27N5O2S/c1-2-3-4-10-15-25-21(30)17-32-24-27-26-23-28(16-18-11-6-5-7-12-18)22(31)19-13-8-9-14-20(19)29(23)24/h5-9,11-14H,2-4,10,15-17H2,1H3,(H,25,30). The van der Waals surface area contributed by atoms with Crippen LogP contribution in [0, 0.1) is 0 Å². The minimum atomic E-state index is -0.106. The summed E-state index contributed by atoms with van der Waals surface area (Å²) in [5.41, 5.74) is 1.64. The summed E-state index contributed by atoms with van der Waals surface area (Å²) in [6.45, 7) is 3.26. The zero-order valence-corrected chi connectivity index (χ0v) is 19.0. The molecule has 2 aromatic heterocycles. The third kappa shape index (κ3) is 4.85. The highest BCUT2D eigenvalue weighted by molar-refractivity contribution is 7.99. The van der Waals surface area contributed by atoms with Crippen molar-refractivity contribution >= 4 is 34.3 Å².